The Morgan fingerprint density at radius 3 is 2.40 bits per heavy atom. The molecule has 6 heteroatoms. The maximum Gasteiger partial charge on any atom is 0.488 e. The largest absolute Gasteiger partial charge is 0.488 e. The van der Waals surface area contributed by atoms with Crippen molar-refractivity contribution in [2.45, 2.75) is 0 Å². The zero-order valence-electron chi connectivity index (χ0n) is 7.89. The average molecular weight is 228 g/mol. The minimum Gasteiger partial charge on any atom is -0.461 e. The molecule has 0 atom stereocenters. The van der Waals surface area contributed by atoms with Crippen LogP contribution in [0.4, 0.5) is 0 Å². The lowest BCUT2D eigenvalue weighted by Crippen LogP contribution is -2.29. The molecule has 0 aromatic heterocycles. The van der Waals surface area contributed by atoms with Crippen LogP contribution in [0.15, 0.2) is 24.3 Å². The van der Waals surface area contributed by atoms with Crippen molar-refractivity contribution in [1.29, 1.82) is 0 Å². The van der Waals surface area contributed by atoms with E-state index in [9.17, 15) is 4.79 Å². The van der Waals surface area contributed by atoms with Crippen LogP contribution in [0.2, 0.25) is 0 Å². The second-order valence-corrected chi connectivity index (χ2v) is 3.20. The van der Waals surface area contributed by atoms with Crippen LogP contribution in [-0.4, -0.2) is 35.6 Å². The van der Waals surface area contributed by atoms with Crippen LogP contribution in [0.3, 0.4) is 0 Å². The van der Waals surface area contributed by atoms with E-state index in [1.54, 1.807) is 0 Å². The summed E-state index contributed by atoms with van der Waals surface area (Å²) in [4.78, 5) is 11.3. The lowest BCUT2D eigenvalue weighted by atomic mass is 9.80. The van der Waals surface area contributed by atoms with Crippen LogP contribution >= 0.6 is 11.6 Å². The zero-order valence-corrected chi connectivity index (χ0v) is 8.65. The first-order chi connectivity index (χ1) is 7.15. The van der Waals surface area contributed by atoms with Gasteiger partial charge in [-0.3, -0.25) is 0 Å². The molecule has 1 rings (SSSR count). The van der Waals surface area contributed by atoms with Crippen LogP contribution in [0, 0.1) is 0 Å². The van der Waals surface area contributed by atoms with Gasteiger partial charge in [0.15, 0.2) is 0 Å². The second kappa shape index (κ2) is 5.75. The van der Waals surface area contributed by atoms with Crippen LogP contribution in [0.5, 0.6) is 0 Å². The smallest absolute Gasteiger partial charge is 0.461 e. The fourth-order valence-corrected chi connectivity index (χ4v) is 1.08. The molecule has 1 aromatic rings. The van der Waals surface area contributed by atoms with Gasteiger partial charge in [0, 0.05) is 0 Å². The lowest BCUT2D eigenvalue weighted by Gasteiger charge is -2.03. The Kier molecular flexibility index (Phi) is 4.61. The molecule has 0 heterocycles. The normalized spacial score (nSPS) is 9.80. The number of hydrogen-bond donors (Lipinski definition) is 2. The van der Waals surface area contributed by atoms with E-state index in [4.69, 9.17) is 26.4 Å². The lowest BCUT2D eigenvalue weighted by molar-refractivity contribution is 0.0529. The van der Waals surface area contributed by atoms with Gasteiger partial charge in [0.1, 0.15) is 6.61 Å². The Bertz CT molecular complexity index is 325. The van der Waals surface area contributed by atoms with Gasteiger partial charge in [-0.25, -0.2) is 4.79 Å². The maximum atomic E-state index is 11.3. The van der Waals surface area contributed by atoms with Crippen molar-refractivity contribution in [1.82, 2.24) is 0 Å². The van der Waals surface area contributed by atoms with Crippen LogP contribution in [-0.2, 0) is 4.74 Å². The molecule has 0 fully saturated rings. The highest BCUT2D eigenvalue weighted by molar-refractivity contribution is 6.58. The monoisotopic (exact) mass is 228 g/mol. The Labute approximate surface area is 92.6 Å². The minimum atomic E-state index is -1.53. The summed E-state index contributed by atoms with van der Waals surface area (Å²) < 4.78 is 4.78. The van der Waals surface area contributed by atoms with Gasteiger partial charge in [-0.05, 0) is 17.6 Å². The Morgan fingerprint density at radius 1 is 1.33 bits per heavy atom. The zero-order chi connectivity index (χ0) is 11.3. The van der Waals surface area contributed by atoms with E-state index in [0.717, 1.165) is 0 Å². The van der Waals surface area contributed by atoms with Gasteiger partial charge in [-0.2, -0.15) is 0 Å². The molecule has 1 aromatic carbocycles. The first kappa shape index (κ1) is 12.0. The maximum absolute atomic E-state index is 11.3. The number of ether oxygens (including phenoxy) is 1. The molecule has 0 aliphatic heterocycles. The quantitative estimate of drug-likeness (QED) is 0.424. The highest BCUT2D eigenvalue weighted by Crippen LogP contribution is 2.00. The summed E-state index contributed by atoms with van der Waals surface area (Å²) >= 11 is 5.36. The molecule has 2 N–H and O–H groups in total. The van der Waals surface area contributed by atoms with E-state index in [2.05, 4.69) is 0 Å². The van der Waals surface area contributed by atoms with Gasteiger partial charge in [0.05, 0.1) is 11.4 Å². The number of rotatable bonds is 4. The molecule has 0 unspecified atom stereocenters. The predicted octanol–water partition coefficient (Wildman–Crippen LogP) is -0.238. The SMILES string of the molecule is O=C(OCCCl)c1ccc(B(O)O)cc1. The molecule has 0 saturated heterocycles. The summed E-state index contributed by atoms with van der Waals surface area (Å²) in [5.74, 6) is -0.228. The minimum absolute atomic E-state index is 0.158. The molecular weight excluding hydrogens is 218 g/mol. The first-order valence-corrected chi connectivity index (χ1v) is 4.88. The van der Waals surface area contributed by atoms with Crippen LogP contribution in [0.25, 0.3) is 0 Å². The highest BCUT2D eigenvalue weighted by Gasteiger charge is 2.12. The molecule has 0 aliphatic rings. The van der Waals surface area contributed by atoms with Gasteiger partial charge >= 0.3 is 13.1 Å². The number of hydrogen-bond acceptors (Lipinski definition) is 4. The van der Waals surface area contributed by atoms with E-state index in [1.165, 1.54) is 24.3 Å². The topological polar surface area (TPSA) is 66.8 Å². The first-order valence-electron chi connectivity index (χ1n) is 4.34. The third-order valence-electron chi connectivity index (χ3n) is 1.75. The molecule has 0 amide bonds. The van der Waals surface area contributed by atoms with Crippen molar-refractivity contribution in [2.75, 3.05) is 12.5 Å². The summed E-state index contributed by atoms with van der Waals surface area (Å²) in [7, 11) is -1.53. The summed E-state index contributed by atoms with van der Waals surface area (Å²) in [6.07, 6.45) is 0. The van der Waals surface area contributed by atoms with Gasteiger partial charge in [0.25, 0.3) is 0 Å². The second-order valence-electron chi connectivity index (χ2n) is 2.82. The van der Waals surface area contributed by atoms with Gasteiger partial charge in [-0.15, -0.1) is 11.6 Å². The molecule has 80 valence electrons. The van der Waals surface area contributed by atoms with Crippen molar-refractivity contribution in [3.63, 3.8) is 0 Å². The molecule has 0 aliphatic carbocycles. The fourth-order valence-electron chi connectivity index (χ4n) is 1.01. The number of carbonyl (C=O) groups is 1. The number of esters is 1. The Morgan fingerprint density at radius 2 is 1.93 bits per heavy atom. The van der Waals surface area contributed by atoms with Crippen molar-refractivity contribution < 1.29 is 19.6 Å². The molecular formula is C9H10BClO4. The number of alkyl halides is 1. The number of benzene rings is 1. The summed E-state index contributed by atoms with van der Waals surface area (Å²) in [6, 6.07) is 5.82. The van der Waals surface area contributed by atoms with Crippen molar-refractivity contribution in [2.24, 2.45) is 0 Å². The highest BCUT2D eigenvalue weighted by atomic mass is 35.5. The summed E-state index contributed by atoms with van der Waals surface area (Å²) in [5, 5.41) is 17.6. The van der Waals surface area contributed by atoms with Crippen LogP contribution < -0.4 is 5.46 Å². The Balaban J connectivity index is 2.67. The van der Waals surface area contributed by atoms with E-state index >= 15 is 0 Å². The third kappa shape index (κ3) is 3.55. The van der Waals surface area contributed by atoms with E-state index in [1.807, 2.05) is 0 Å². The standard InChI is InChI=1S/C9H10BClO4/c11-5-6-15-9(12)7-1-3-8(4-2-7)10(13)14/h1-4,13-14H,5-6H2. The number of carbonyl (C=O) groups excluding carboxylic acids is 1. The van der Waals surface area contributed by atoms with Crippen LogP contribution in [0.1, 0.15) is 10.4 Å². The molecule has 0 radical (unpaired) electrons. The summed E-state index contributed by atoms with van der Waals surface area (Å²) in [6.45, 7) is 0.158. The molecule has 0 bridgehead atoms. The van der Waals surface area contributed by atoms with Crippen molar-refractivity contribution in [3.8, 4) is 0 Å². The fraction of sp³-hybridized carbons (Fsp3) is 0.222. The average Bonchev–Trinajstić information content (AvgIpc) is 2.26. The molecule has 4 nitrogen and oxygen atoms in total. The van der Waals surface area contributed by atoms with Crippen molar-refractivity contribution in [3.05, 3.63) is 29.8 Å². The van der Waals surface area contributed by atoms with Gasteiger partial charge in [-0.1, -0.05) is 12.1 Å². The Hall–Kier alpha value is -1.04. The van der Waals surface area contributed by atoms with E-state index < -0.39 is 13.1 Å². The molecule has 0 saturated carbocycles. The molecule has 0 spiro atoms. The van der Waals surface area contributed by atoms with E-state index in [-0.39, 0.29) is 12.5 Å². The third-order valence-corrected chi connectivity index (χ3v) is 1.91. The number of halogens is 1. The van der Waals surface area contributed by atoms with E-state index in [0.29, 0.717) is 11.0 Å². The predicted molar refractivity (Wildman–Crippen MR) is 57.3 cm³/mol. The summed E-state index contributed by atoms with van der Waals surface area (Å²) in [5.41, 5.74) is 0.674. The molecule has 15 heavy (non-hydrogen) atoms. The van der Waals surface area contributed by atoms with Gasteiger partial charge < -0.3 is 14.8 Å². The van der Waals surface area contributed by atoms with Crippen molar-refractivity contribution >= 4 is 30.2 Å². The van der Waals surface area contributed by atoms with Gasteiger partial charge in [0.2, 0.25) is 0 Å².